The lowest BCUT2D eigenvalue weighted by Gasteiger charge is -2.33. The second kappa shape index (κ2) is 13.7. The van der Waals surface area contributed by atoms with Gasteiger partial charge in [0.05, 0.1) is 40.0 Å². The first-order valence-corrected chi connectivity index (χ1v) is 16.7. The number of ether oxygens (including phenoxy) is 1. The molecule has 42 heavy (non-hydrogen) atoms. The van der Waals surface area contributed by atoms with Crippen molar-refractivity contribution in [2.24, 2.45) is 0 Å². The predicted molar refractivity (Wildman–Crippen MR) is 163 cm³/mol. The molecule has 2 atom stereocenters. The molecule has 12 heteroatoms. The summed E-state index contributed by atoms with van der Waals surface area (Å²) in [5.41, 5.74) is 1.11. The molecule has 1 saturated heterocycles. The zero-order chi connectivity index (χ0) is 30.5. The van der Waals surface area contributed by atoms with Crippen molar-refractivity contribution in [1.82, 2.24) is 4.90 Å². The quantitative estimate of drug-likeness (QED) is 0.141. The molecule has 0 aliphatic carbocycles. The van der Waals surface area contributed by atoms with Gasteiger partial charge in [0.25, 0.3) is 0 Å². The van der Waals surface area contributed by atoms with Gasteiger partial charge in [-0.1, -0.05) is 37.8 Å². The van der Waals surface area contributed by atoms with Gasteiger partial charge in [0.1, 0.15) is 19.1 Å². The maximum Gasteiger partial charge on any atom is 0.393 e. The lowest BCUT2D eigenvalue weighted by molar-refractivity contribution is -0.126. The number of rotatable bonds is 10. The summed E-state index contributed by atoms with van der Waals surface area (Å²) in [6.07, 6.45) is -5.17. The number of anilines is 2. The fraction of sp³-hybridized carbons (Fsp3) is 0.467. The maximum absolute atomic E-state index is 14.7. The average molecular weight is 628 g/mol. The molecule has 0 amide bonds. The van der Waals surface area contributed by atoms with Crippen LogP contribution in [-0.4, -0.2) is 69.2 Å². The van der Waals surface area contributed by atoms with Crippen LogP contribution in [0.5, 0.6) is 5.75 Å². The fourth-order valence-electron chi connectivity index (χ4n) is 5.12. The van der Waals surface area contributed by atoms with Crippen molar-refractivity contribution in [3.63, 3.8) is 0 Å². The Kier molecular flexibility index (Phi) is 10.4. The van der Waals surface area contributed by atoms with Crippen molar-refractivity contribution in [2.45, 2.75) is 45.1 Å². The maximum atomic E-state index is 14.7. The van der Waals surface area contributed by atoms with E-state index < -0.39 is 38.8 Å². The van der Waals surface area contributed by atoms with Crippen LogP contribution in [0.2, 0.25) is 0 Å². The highest BCUT2D eigenvalue weighted by Gasteiger charge is 2.32. The van der Waals surface area contributed by atoms with Gasteiger partial charge < -0.3 is 24.8 Å². The van der Waals surface area contributed by atoms with E-state index in [2.05, 4.69) is 22.5 Å². The molecule has 1 unspecified atom stereocenters. The van der Waals surface area contributed by atoms with Gasteiger partial charge >= 0.3 is 6.18 Å². The van der Waals surface area contributed by atoms with E-state index in [9.17, 15) is 26.5 Å². The van der Waals surface area contributed by atoms with E-state index in [0.717, 1.165) is 17.9 Å². The molecule has 5 nitrogen and oxygen atoms in total. The Hall–Kier alpha value is -2.80. The summed E-state index contributed by atoms with van der Waals surface area (Å²) >= 11 is 1.15. The summed E-state index contributed by atoms with van der Waals surface area (Å²) in [7, 11) is -0.758. The normalized spacial score (nSPS) is 18.0. The zero-order valence-corrected chi connectivity index (χ0v) is 25.5. The van der Waals surface area contributed by atoms with Crippen molar-refractivity contribution in [1.29, 1.82) is 0 Å². The third kappa shape index (κ3) is 7.58. The molecule has 1 aliphatic heterocycles. The standard InChI is InChI=1S/C30H35F5N3O2PS/c1-4-41(39,5-2)20-11-12-25(27(16-20)40-19-31)36-14-7-10-28-22(17-30(33,34)35)21-8-6-9-26(29(21)42-28)37-24-13-15-38(3)18-23(24)32/h6,8-9,11-12,16,23-24,36-37H,4-5,13-15,17-19H2,1-3H3/t23-,24?/m1/s1. The number of fused-ring (bicyclic) bond motifs is 1. The second-order valence-corrected chi connectivity index (χ2v) is 14.9. The molecule has 2 heterocycles. The smallest absolute Gasteiger partial charge is 0.393 e. The number of nitrogens with zero attached hydrogens (tertiary/aromatic N) is 1. The number of halogens is 5. The van der Waals surface area contributed by atoms with Crippen LogP contribution in [0.15, 0.2) is 36.4 Å². The largest absolute Gasteiger partial charge is 0.461 e. The van der Waals surface area contributed by atoms with Crippen molar-refractivity contribution >= 4 is 45.2 Å². The van der Waals surface area contributed by atoms with Gasteiger partial charge in [-0.25, -0.2) is 8.78 Å². The predicted octanol–water partition coefficient (Wildman–Crippen LogP) is 7.26. The van der Waals surface area contributed by atoms with Crippen molar-refractivity contribution in [3.8, 4) is 17.6 Å². The average Bonchev–Trinajstić information content (AvgIpc) is 3.29. The number of hydrogen-bond donors (Lipinski definition) is 2. The summed E-state index contributed by atoms with van der Waals surface area (Å²) in [5, 5.41) is 7.29. The van der Waals surface area contributed by atoms with E-state index in [1.807, 2.05) is 25.8 Å². The van der Waals surface area contributed by atoms with Gasteiger partial charge in [-0.15, -0.1) is 11.3 Å². The molecule has 3 aromatic rings. The molecular formula is C30H35F5N3O2PS. The minimum atomic E-state index is -4.44. The topological polar surface area (TPSA) is 53.6 Å². The summed E-state index contributed by atoms with van der Waals surface area (Å²) < 4.78 is 87.4. The first-order chi connectivity index (χ1) is 20.0. The first kappa shape index (κ1) is 32.1. The molecule has 2 aromatic carbocycles. The van der Waals surface area contributed by atoms with Crippen LogP contribution in [0.1, 0.15) is 30.7 Å². The van der Waals surface area contributed by atoms with Crippen LogP contribution in [0.4, 0.5) is 33.3 Å². The van der Waals surface area contributed by atoms with Gasteiger partial charge in [0.15, 0.2) is 0 Å². The number of alkyl halides is 5. The monoisotopic (exact) mass is 627 g/mol. The summed E-state index contributed by atoms with van der Waals surface area (Å²) in [6.45, 7) is 3.66. The van der Waals surface area contributed by atoms with E-state index in [1.165, 1.54) is 0 Å². The molecule has 2 N–H and O–H groups in total. The lowest BCUT2D eigenvalue weighted by Crippen LogP contribution is -2.46. The van der Waals surface area contributed by atoms with E-state index in [4.69, 9.17) is 4.74 Å². The molecule has 1 fully saturated rings. The van der Waals surface area contributed by atoms with Gasteiger partial charge in [-0.3, -0.25) is 0 Å². The number of benzene rings is 2. The fourth-order valence-corrected chi connectivity index (χ4v) is 8.17. The molecule has 0 bridgehead atoms. The molecular weight excluding hydrogens is 592 g/mol. The highest BCUT2D eigenvalue weighted by Crippen LogP contribution is 2.45. The number of thiophene rings is 1. The molecule has 1 aromatic heterocycles. The third-order valence-corrected chi connectivity index (χ3v) is 12.0. The van der Waals surface area contributed by atoms with Crippen LogP contribution < -0.4 is 20.7 Å². The summed E-state index contributed by atoms with van der Waals surface area (Å²) in [6, 6.07) is 9.55. The Balaban J connectivity index is 1.60. The molecule has 228 valence electrons. The van der Waals surface area contributed by atoms with Gasteiger partial charge in [-0.2, -0.15) is 13.2 Å². The Bertz CT molecular complexity index is 1490. The Morgan fingerprint density at radius 3 is 2.60 bits per heavy atom. The minimum absolute atomic E-state index is 0.0468. The van der Waals surface area contributed by atoms with Crippen LogP contribution in [0.3, 0.4) is 0 Å². The molecule has 0 spiro atoms. The van der Waals surface area contributed by atoms with Gasteiger partial charge in [0.2, 0.25) is 6.86 Å². The van der Waals surface area contributed by atoms with Crippen LogP contribution in [0.25, 0.3) is 10.1 Å². The summed E-state index contributed by atoms with van der Waals surface area (Å²) in [4.78, 5) is 2.19. The van der Waals surface area contributed by atoms with E-state index in [-0.39, 0.29) is 22.7 Å². The number of likely N-dealkylation sites (tertiary alicyclic amines) is 1. The second-order valence-electron chi connectivity index (χ2n) is 10.3. The molecule has 0 saturated carbocycles. The Labute approximate surface area is 247 Å². The molecule has 0 radical (unpaired) electrons. The number of hydrogen-bond acceptors (Lipinski definition) is 6. The van der Waals surface area contributed by atoms with Crippen LogP contribution in [-0.2, 0) is 11.0 Å². The van der Waals surface area contributed by atoms with E-state index in [1.54, 1.807) is 36.4 Å². The van der Waals surface area contributed by atoms with Crippen LogP contribution in [0, 0.1) is 11.8 Å². The Morgan fingerprint density at radius 1 is 1.17 bits per heavy atom. The highest BCUT2D eigenvalue weighted by molar-refractivity contribution is 7.71. The first-order valence-electron chi connectivity index (χ1n) is 13.8. The molecule has 1 aliphatic rings. The van der Waals surface area contributed by atoms with E-state index in [0.29, 0.717) is 52.1 Å². The Morgan fingerprint density at radius 2 is 1.93 bits per heavy atom. The van der Waals surface area contributed by atoms with Crippen molar-refractivity contribution < 1.29 is 31.3 Å². The molecule has 4 rings (SSSR count). The minimum Gasteiger partial charge on any atom is -0.461 e. The zero-order valence-electron chi connectivity index (χ0n) is 23.8. The van der Waals surface area contributed by atoms with Crippen LogP contribution >= 0.6 is 18.5 Å². The van der Waals surface area contributed by atoms with E-state index >= 15 is 0 Å². The van der Waals surface area contributed by atoms with Crippen molar-refractivity contribution in [2.75, 3.05) is 56.5 Å². The van der Waals surface area contributed by atoms with Crippen molar-refractivity contribution in [3.05, 3.63) is 46.8 Å². The SMILES string of the molecule is CCP(=O)(CC)c1ccc(NCC#Cc2sc3c(NC4CCN(C)C[C@H]4F)cccc3c2CC(F)(F)F)c(OCF)c1. The number of nitrogens with one attached hydrogen (secondary N) is 2. The summed E-state index contributed by atoms with van der Waals surface area (Å²) in [5.74, 6) is 5.95. The number of piperidine rings is 1. The highest BCUT2D eigenvalue weighted by atomic mass is 32.1. The van der Waals surface area contributed by atoms with Gasteiger partial charge in [0, 0.05) is 30.7 Å². The third-order valence-electron chi connectivity index (χ3n) is 7.52. The van der Waals surface area contributed by atoms with Gasteiger partial charge in [-0.05, 0) is 48.7 Å². The lowest BCUT2D eigenvalue weighted by atomic mass is 10.0.